The summed E-state index contributed by atoms with van der Waals surface area (Å²) in [5.41, 5.74) is -0.0671. The maximum absolute atomic E-state index is 11.9. The van der Waals surface area contributed by atoms with Gasteiger partial charge in [-0.1, -0.05) is 6.92 Å². The molecule has 0 aromatic carbocycles. The molecule has 0 aliphatic carbocycles. The lowest BCUT2D eigenvalue weighted by atomic mass is 9.96. The zero-order valence-corrected chi connectivity index (χ0v) is 13.8. The molecule has 0 spiro atoms. The van der Waals surface area contributed by atoms with Gasteiger partial charge in [0, 0.05) is 12.0 Å². The van der Waals surface area contributed by atoms with E-state index in [1.165, 1.54) is 0 Å². The van der Waals surface area contributed by atoms with E-state index in [4.69, 9.17) is 4.42 Å². The van der Waals surface area contributed by atoms with Gasteiger partial charge in [0.1, 0.15) is 22.9 Å². The molecule has 2 amide bonds. The van der Waals surface area contributed by atoms with E-state index in [0.29, 0.717) is 22.8 Å². The summed E-state index contributed by atoms with van der Waals surface area (Å²) in [5, 5.41) is 15.8. The number of anilines is 1. The molecule has 23 heavy (non-hydrogen) atoms. The Hall–Kier alpha value is -2.41. The van der Waals surface area contributed by atoms with Crippen molar-refractivity contribution < 1.29 is 14.3 Å². The summed E-state index contributed by atoms with van der Waals surface area (Å²) >= 11 is 0. The fourth-order valence-corrected chi connectivity index (χ4v) is 2.29. The van der Waals surface area contributed by atoms with Crippen LogP contribution in [-0.4, -0.2) is 27.7 Å². The van der Waals surface area contributed by atoms with Gasteiger partial charge in [0.2, 0.25) is 0 Å². The second kappa shape index (κ2) is 6.78. The molecule has 3 N–H and O–H groups in total. The minimum atomic E-state index is -1.22. The van der Waals surface area contributed by atoms with Gasteiger partial charge < -0.3 is 20.2 Å². The average molecular weight is 318 g/mol. The Morgan fingerprint density at radius 3 is 2.52 bits per heavy atom. The van der Waals surface area contributed by atoms with Crippen LogP contribution in [0.15, 0.2) is 22.9 Å². The van der Waals surface area contributed by atoms with E-state index in [0.717, 1.165) is 12.2 Å². The maximum Gasteiger partial charge on any atom is 0.319 e. The van der Waals surface area contributed by atoms with Gasteiger partial charge in [0.15, 0.2) is 0 Å². The van der Waals surface area contributed by atoms with E-state index >= 15 is 0 Å². The topological polar surface area (TPSA) is 100 Å². The van der Waals surface area contributed by atoms with Gasteiger partial charge in [0.05, 0.1) is 24.6 Å². The number of furan rings is 1. The van der Waals surface area contributed by atoms with Crippen LogP contribution in [0.25, 0.3) is 0 Å². The van der Waals surface area contributed by atoms with Crippen LogP contribution >= 0.6 is 0 Å². The lowest BCUT2D eigenvalue weighted by molar-refractivity contribution is 0.0584. The summed E-state index contributed by atoms with van der Waals surface area (Å²) in [7, 11) is 0. The Labute approximate surface area is 135 Å². The van der Waals surface area contributed by atoms with Gasteiger partial charge in [-0.25, -0.2) is 14.8 Å². The van der Waals surface area contributed by atoms with Crippen LogP contribution in [0, 0.1) is 13.8 Å². The third-order valence-corrected chi connectivity index (χ3v) is 3.49. The molecule has 7 heteroatoms. The SMILES string of the molecule is CCc1ncc(NC(=O)NCC(C)(O)c2cc(C)oc2C)cn1. The minimum absolute atomic E-state index is 0.0482. The number of hydrogen-bond acceptors (Lipinski definition) is 5. The Morgan fingerprint density at radius 2 is 2.00 bits per heavy atom. The summed E-state index contributed by atoms with van der Waals surface area (Å²) in [5.74, 6) is 2.07. The van der Waals surface area contributed by atoms with Crippen molar-refractivity contribution in [1.29, 1.82) is 0 Å². The lowest BCUT2D eigenvalue weighted by Gasteiger charge is -2.23. The van der Waals surface area contributed by atoms with Crippen molar-refractivity contribution in [2.24, 2.45) is 0 Å². The number of nitrogens with zero attached hydrogens (tertiary/aromatic N) is 2. The molecule has 1 unspecified atom stereocenters. The molecule has 0 saturated heterocycles. The standard InChI is InChI=1S/C16H22N4O3/c1-5-14-17-7-12(8-18-14)20-15(21)19-9-16(4,22)13-6-10(2)23-11(13)3/h6-8,22H,5,9H2,1-4H3,(H2,19,20,21). The number of urea groups is 1. The summed E-state index contributed by atoms with van der Waals surface area (Å²) in [6.45, 7) is 7.23. The maximum atomic E-state index is 11.9. The molecule has 1 atom stereocenters. The van der Waals surface area contributed by atoms with Crippen molar-refractivity contribution in [2.75, 3.05) is 11.9 Å². The smallest absolute Gasteiger partial charge is 0.319 e. The first kappa shape index (κ1) is 17.0. The number of carbonyl (C=O) groups is 1. The molecule has 0 radical (unpaired) electrons. The lowest BCUT2D eigenvalue weighted by Crippen LogP contribution is -2.40. The van der Waals surface area contributed by atoms with E-state index < -0.39 is 11.6 Å². The van der Waals surface area contributed by atoms with E-state index in [1.807, 2.05) is 13.8 Å². The fourth-order valence-electron chi connectivity index (χ4n) is 2.29. The molecule has 0 fully saturated rings. The van der Waals surface area contributed by atoms with Crippen molar-refractivity contribution in [3.63, 3.8) is 0 Å². The largest absolute Gasteiger partial charge is 0.466 e. The highest BCUT2D eigenvalue weighted by Crippen LogP contribution is 2.26. The molecule has 0 aliphatic heterocycles. The highest BCUT2D eigenvalue weighted by atomic mass is 16.3. The zero-order chi connectivity index (χ0) is 17.0. The third-order valence-electron chi connectivity index (χ3n) is 3.49. The molecule has 0 bridgehead atoms. The second-order valence-electron chi connectivity index (χ2n) is 5.65. The fraction of sp³-hybridized carbons (Fsp3) is 0.438. The van der Waals surface area contributed by atoms with Gasteiger partial charge in [-0.05, 0) is 26.8 Å². The molecule has 2 aromatic rings. The number of aryl methyl sites for hydroxylation is 3. The molecule has 2 rings (SSSR count). The van der Waals surface area contributed by atoms with E-state index in [9.17, 15) is 9.90 Å². The molecule has 2 heterocycles. The van der Waals surface area contributed by atoms with Crippen molar-refractivity contribution in [1.82, 2.24) is 15.3 Å². The monoisotopic (exact) mass is 318 g/mol. The van der Waals surface area contributed by atoms with Crippen LogP contribution in [0.4, 0.5) is 10.5 Å². The van der Waals surface area contributed by atoms with Gasteiger partial charge >= 0.3 is 6.03 Å². The molecule has 0 aliphatic rings. The molecule has 124 valence electrons. The first-order valence-corrected chi connectivity index (χ1v) is 7.47. The molecule has 7 nitrogen and oxygen atoms in total. The van der Waals surface area contributed by atoms with Crippen molar-refractivity contribution in [3.05, 3.63) is 41.4 Å². The second-order valence-corrected chi connectivity index (χ2v) is 5.65. The summed E-state index contributed by atoms with van der Waals surface area (Å²) in [6, 6.07) is 1.34. The number of nitrogens with one attached hydrogen (secondary N) is 2. The minimum Gasteiger partial charge on any atom is -0.466 e. The van der Waals surface area contributed by atoms with Crippen LogP contribution in [0.2, 0.25) is 0 Å². The normalized spacial score (nSPS) is 13.4. The molecular formula is C16H22N4O3. The van der Waals surface area contributed by atoms with Crippen LogP contribution < -0.4 is 10.6 Å². The number of amides is 2. The van der Waals surface area contributed by atoms with E-state index in [2.05, 4.69) is 20.6 Å². The Kier molecular flexibility index (Phi) is 5.00. The molecule has 2 aromatic heterocycles. The molecular weight excluding hydrogens is 296 g/mol. The first-order valence-electron chi connectivity index (χ1n) is 7.47. The third kappa shape index (κ3) is 4.29. The van der Waals surface area contributed by atoms with Crippen LogP contribution in [-0.2, 0) is 12.0 Å². The van der Waals surface area contributed by atoms with Crippen molar-refractivity contribution >= 4 is 11.7 Å². The number of aromatic nitrogens is 2. The van der Waals surface area contributed by atoms with Gasteiger partial charge in [0.25, 0.3) is 0 Å². The summed E-state index contributed by atoms with van der Waals surface area (Å²) in [4.78, 5) is 20.1. The summed E-state index contributed by atoms with van der Waals surface area (Å²) in [6.07, 6.45) is 3.83. The average Bonchev–Trinajstić information content (AvgIpc) is 2.86. The predicted octanol–water partition coefficient (Wildman–Crippen LogP) is 2.28. The van der Waals surface area contributed by atoms with Crippen molar-refractivity contribution in [2.45, 2.75) is 39.7 Å². The van der Waals surface area contributed by atoms with Gasteiger partial charge in [-0.15, -0.1) is 0 Å². The van der Waals surface area contributed by atoms with Crippen LogP contribution in [0.5, 0.6) is 0 Å². The number of aliphatic hydroxyl groups is 1. The first-order chi connectivity index (χ1) is 10.8. The van der Waals surface area contributed by atoms with E-state index in [-0.39, 0.29) is 6.54 Å². The van der Waals surface area contributed by atoms with Gasteiger partial charge in [-0.3, -0.25) is 0 Å². The Bertz CT molecular complexity index is 677. The predicted molar refractivity (Wildman–Crippen MR) is 86.2 cm³/mol. The van der Waals surface area contributed by atoms with Crippen LogP contribution in [0.1, 0.15) is 36.8 Å². The summed E-state index contributed by atoms with van der Waals surface area (Å²) < 4.78 is 5.42. The van der Waals surface area contributed by atoms with E-state index in [1.54, 1.807) is 32.3 Å². The van der Waals surface area contributed by atoms with Crippen molar-refractivity contribution in [3.8, 4) is 0 Å². The zero-order valence-electron chi connectivity index (χ0n) is 13.8. The number of hydrogen-bond donors (Lipinski definition) is 3. The number of carbonyl (C=O) groups excluding carboxylic acids is 1. The van der Waals surface area contributed by atoms with Crippen LogP contribution in [0.3, 0.4) is 0 Å². The number of rotatable bonds is 5. The highest BCUT2D eigenvalue weighted by molar-refractivity contribution is 5.88. The quantitative estimate of drug-likeness (QED) is 0.785. The molecule has 0 saturated carbocycles. The Balaban J connectivity index is 1.93. The van der Waals surface area contributed by atoms with Gasteiger partial charge in [-0.2, -0.15) is 0 Å². The highest BCUT2D eigenvalue weighted by Gasteiger charge is 2.28. The Morgan fingerprint density at radius 1 is 1.35 bits per heavy atom.